The topological polar surface area (TPSA) is 3.24 Å². The summed E-state index contributed by atoms with van der Waals surface area (Å²) < 4.78 is 0. The minimum Gasteiger partial charge on any atom is -0.317 e. The first-order valence-corrected chi connectivity index (χ1v) is 14.0. The van der Waals surface area contributed by atoms with E-state index in [4.69, 9.17) is 0 Å². The molecule has 0 saturated heterocycles. The first kappa shape index (κ1) is 27.0. The molecule has 0 saturated carbocycles. The van der Waals surface area contributed by atoms with Gasteiger partial charge in [0.05, 0.1) is 0 Å². The molecule has 0 bridgehead atoms. The predicted octanol–water partition coefficient (Wildman–Crippen LogP) is 10.0. The lowest BCUT2D eigenvalue weighted by molar-refractivity contribution is 0.513. The lowest BCUT2D eigenvalue weighted by atomic mass is 9.69. The standard InChI is InChI=1S/C39H37N/c1-5-7-9-11-16-27-39(26-15-10-8-6-2)34-23-13-12-22-33(34)38-35(39)24-25-36-37(38)31(4)20-14-17-28-40(36)32-21-18-19-30(3)29-32/h5-10,12-23,25-29,35H,1-2,4,11,24H2,3H3/b9-7-,10-8-,20-14-,26-15?,27-16?,28-17-. The Hall–Kier alpha value is -4.62. The van der Waals surface area contributed by atoms with Gasteiger partial charge in [0.1, 0.15) is 0 Å². The van der Waals surface area contributed by atoms with Crippen molar-refractivity contribution in [2.75, 3.05) is 4.90 Å². The molecule has 1 nitrogen and oxygen atoms in total. The predicted molar refractivity (Wildman–Crippen MR) is 174 cm³/mol. The smallest absolute Gasteiger partial charge is 0.0497 e. The van der Waals surface area contributed by atoms with Crippen LogP contribution in [0.25, 0.3) is 5.57 Å². The van der Waals surface area contributed by atoms with Crippen molar-refractivity contribution in [2.24, 2.45) is 5.92 Å². The van der Waals surface area contributed by atoms with Crippen molar-refractivity contribution in [3.05, 3.63) is 193 Å². The molecular formula is C39H37N. The lowest BCUT2D eigenvalue weighted by Crippen LogP contribution is -2.30. The molecule has 2 aliphatic carbocycles. The molecule has 1 heterocycles. The van der Waals surface area contributed by atoms with Crippen molar-refractivity contribution in [3.8, 4) is 0 Å². The van der Waals surface area contributed by atoms with E-state index in [0.717, 1.165) is 24.1 Å². The van der Waals surface area contributed by atoms with Crippen LogP contribution in [0.4, 0.5) is 5.69 Å². The average Bonchev–Trinajstić information content (AvgIpc) is 3.23. The highest BCUT2D eigenvalue weighted by atomic mass is 15.1. The summed E-state index contributed by atoms with van der Waals surface area (Å²) in [5.74, 6) is 0.240. The fraction of sp³-hybridized carbons (Fsp3) is 0.128. The van der Waals surface area contributed by atoms with Crippen LogP contribution in [0.15, 0.2) is 176 Å². The Bertz CT molecular complexity index is 1560. The summed E-state index contributed by atoms with van der Waals surface area (Å²) in [6.07, 6.45) is 33.8. The van der Waals surface area contributed by atoms with Gasteiger partial charge in [0, 0.05) is 34.5 Å². The molecule has 2 atom stereocenters. The maximum atomic E-state index is 4.59. The van der Waals surface area contributed by atoms with Crippen LogP contribution >= 0.6 is 0 Å². The monoisotopic (exact) mass is 519 g/mol. The van der Waals surface area contributed by atoms with Crippen LogP contribution in [0.3, 0.4) is 0 Å². The van der Waals surface area contributed by atoms with Crippen molar-refractivity contribution in [1.29, 1.82) is 0 Å². The molecule has 0 radical (unpaired) electrons. The Balaban J connectivity index is 1.73. The van der Waals surface area contributed by atoms with E-state index in [1.54, 1.807) is 0 Å². The number of benzene rings is 2. The van der Waals surface area contributed by atoms with Gasteiger partial charge in [0.15, 0.2) is 0 Å². The summed E-state index contributed by atoms with van der Waals surface area (Å²) in [4.78, 5) is 2.32. The summed E-state index contributed by atoms with van der Waals surface area (Å²) in [7, 11) is 0. The lowest BCUT2D eigenvalue weighted by Gasteiger charge is -2.37. The zero-order chi connectivity index (χ0) is 28.0. The van der Waals surface area contributed by atoms with Crippen LogP contribution in [0.5, 0.6) is 0 Å². The quantitative estimate of drug-likeness (QED) is 0.248. The Morgan fingerprint density at radius 2 is 1.77 bits per heavy atom. The molecule has 1 heteroatoms. The SMILES string of the molecule is C=C/C=C\C=CC1(C=CC/C=C\C=C)c2ccccc2C2=C3C(=C)/C=C\C=C/N(c4cccc(C)c4)C3=CCC21. The summed E-state index contributed by atoms with van der Waals surface area (Å²) in [5.41, 5.74) is 9.58. The second-order valence-electron chi connectivity index (χ2n) is 10.4. The number of allylic oxidation sites excluding steroid dienone is 16. The maximum Gasteiger partial charge on any atom is 0.0497 e. The third-order valence-corrected chi connectivity index (χ3v) is 7.85. The van der Waals surface area contributed by atoms with Crippen LogP contribution in [-0.2, 0) is 5.41 Å². The van der Waals surface area contributed by atoms with Gasteiger partial charge in [-0.3, -0.25) is 0 Å². The fourth-order valence-electron chi connectivity index (χ4n) is 6.17. The zero-order valence-corrected chi connectivity index (χ0v) is 23.3. The summed E-state index contributed by atoms with van der Waals surface area (Å²) in [6, 6.07) is 17.6. The van der Waals surface area contributed by atoms with E-state index >= 15 is 0 Å². The van der Waals surface area contributed by atoms with Gasteiger partial charge in [-0.25, -0.2) is 0 Å². The van der Waals surface area contributed by atoms with E-state index in [0.29, 0.717) is 0 Å². The van der Waals surface area contributed by atoms with Crippen molar-refractivity contribution in [1.82, 2.24) is 0 Å². The minimum atomic E-state index is -0.287. The number of hydrogen-bond donors (Lipinski definition) is 0. The number of fused-ring (bicyclic) bond motifs is 4. The molecule has 0 N–H and O–H groups in total. The van der Waals surface area contributed by atoms with Gasteiger partial charge in [-0.15, -0.1) is 0 Å². The zero-order valence-electron chi connectivity index (χ0n) is 23.3. The van der Waals surface area contributed by atoms with E-state index in [2.05, 4.69) is 147 Å². The molecule has 40 heavy (non-hydrogen) atoms. The second kappa shape index (κ2) is 12.1. The van der Waals surface area contributed by atoms with Crippen molar-refractivity contribution in [2.45, 2.75) is 25.2 Å². The Labute approximate surface area is 239 Å². The third-order valence-electron chi connectivity index (χ3n) is 7.85. The highest BCUT2D eigenvalue weighted by Gasteiger charge is 2.48. The molecular weight excluding hydrogens is 482 g/mol. The number of nitrogens with zero attached hydrogens (tertiary/aromatic N) is 1. The van der Waals surface area contributed by atoms with Crippen LogP contribution in [0, 0.1) is 12.8 Å². The highest BCUT2D eigenvalue weighted by molar-refractivity contribution is 5.90. The molecule has 0 spiro atoms. The molecule has 198 valence electrons. The Morgan fingerprint density at radius 3 is 2.60 bits per heavy atom. The molecule has 0 amide bonds. The van der Waals surface area contributed by atoms with Gasteiger partial charge in [0.25, 0.3) is 0 Å². The largest absolute Gasteiger partial charge is 0.317 e. The highest BCUT2D eigenvalue weighted by Crippen LogP contribution is 2.58. The molecule has 2 unspecified atom stereocenters. The number of hydrogen-bond acceptors (Lipinski definition) is 1. The van der Waals surface area contributed by atoms with Crippen LogP contribution in [0.1, 0.15) is 29.5 Å². The summed E-state index contributed by atoms with van der Waals surface area (Å²) >= 11 is 0. The van der Waals surface area contributed by atoms with E-state index in [1.165, 1.54) is 33.5 Å². The average molecular weight is 520 g/mol. The molecule has 5 rings (SSSR count). The van der Waals surface area contributed by atoms with Gasteiger partial charge >= 0.3 is 0 Å². The van der Waals surface area contributed by atoms with Gasteiger partial charge in [-0.2, -0.15) is 0 Å². The summed E-state index contributed by atoms with van der Waals surface area (Å²) in [5, 5.41) is 0. The summed E-state index contributed by atoms with van der Waals surface area (Å²) in [6.45, 7) is 14.4. The van der Waals surface area contributed by atoms with Gasteiger partial charge in [-0.1, -0.05) is 135 Å². The molecule has 3 aliphatic rings. The van der Waals surface area contributed by atoms with E-state index in [9.17, 15) is 0 Å². The van der Waals surface area contributed by atoms with Crippen molar-refractivity contribution < 1.29 is 0 Å². The number of aryl methyl sites for hydroxylation is 1. The van der Waals surface area contributed by atoms with Crippen LogP contribution in [0.2, 0.25) is 0 Å². The van der Waals surface area contributed by atoms with E-state index in [-0.39, 0.29) is 11.3 Å². The van der Waals surface area contributed by atoms with Gasteiger partial charge < -0.3 is 4.90 Å². The minimum absolute atomic E-state index is 0.240. The van der Waals surface area contributed by atoms with Gasteiger partial charge in [-0.05, 0) is 65.8 Å². The Morgan fingerprint density at radius 1 is 0.925 bits per heavy atom. The molecule has 2 aromatic carbocycles. The number of rotatable bonds is 8. The second-order valence-corrected chi connectivity index (χ2v) is 10.4. The molecule has 0 fully saturated rings. The van der Waals surface area contributed by atoms with Gasteiger partial charge in [0.2, 0.25) is 0 Å². The van der Waals surface area contributed by atoms with Crippen LogP contribution in [-0.4, -0.2) is 0 Å². The first-order valence-electron chi connectivity index (χ1n) is 14.0. The normalized spacial score (nSPS) is 23.7. The van der Waals surface area contributed by atoms with Crippen LogP contribution < -0.4 is 4.90 Å². The van der Waals surface area contributed by atoms with E-state index in [1.807, 2.05) is 24.3 Å². The first-order chi connectivity index (χ1) is 19.6. The fourth-order valence-corrected chi connectivity index (χ4v) is 6.17. The Kier molecular flexibility index (Phi) is 8.12. The third kappa shape index (κ3) is 5.03. The molecule has 1 aliphatic heterocycles. The molecule has 0 aromatic heterocycles. The van der Waals surface area contributed by atoms with Crippen molar-refractivity contribution in [3.63, 3.8) is 0 Å². The maximum absolute atomic E-state index is 4.59. The van der Waals surface area contributed by atoms with Crippen molar-refractivity contribution >= 4 is 11.3 Å². The molecule has 2 aromatic rings. The van der Waals surface area contributed by atoms with E-state index < -0.39 is 0 Å². The number of anilines is 1.